The summed E-state index contributed by atoms with van der Waals surface area (Å²) in [7, 11) is 0. The summed E-state index contributed by atoms with van der Waals surface area (Å²) in [6.45, 7) is 15.2. The minimum atomic E-state index is 0.432. The van der Waals surface area contributed by atoms with Crippen LogP contribution in [0, 0.1) is 23.7 Å². The third-order valence-corrected chi connectivity index (χ3v) is 4.59. The molecule has 0 aromatic heterocycles. The highest BCUT2D eigenvalue weighted by Gasteiger charge is 2.33. The molecule has 3 unspecified atom stereocenters. The Morgan fingerprint density at radius 2 is 1.64 bits per heavy atom. The van der Waals surface area contributed by atoms with Gasteiger partial charge in [0.05, 0.1) is 19.3 Å². The Kier molecular flexibility index (Phi) is 10.3. The summed E-state index contributed by atoms with van der Waals surface area (Å²) in [6, 6.07) is 0. The molecular formula is C19H38O3. The Balaban J connectivity index is 2.03. The smallest absolute Gasteiger partial charge is 0.0704 e. The molecule has 3 heteroatoms. The molecule has 1 fully saturated rings. The molecule has 0 amide bonds. The van der Waals surface area contributed by atoms with Crippen molar-refractivity contribution in [2.24, 2.45) is 23.7 Å². The lowest BCUT2D eigenvalue weighted by Crippen LogP contribution is -2.37. The van der Waals surface area contributed by atoms with Crippen LogP contribution < -0.4 is 0 Å². The van der Waals surface area contributed by atoms with Gasteiger partial charge in [-0.1, -0.05) is 47.5 Å². The van der Waals surface area contributed by atoms with E-state index in [0.29, 0.717) is 30.5 Å². The largest absolute Gasteiger partial charge is 0.381 e. The van der Waals surface area contributed by atoms with Crippen molar-refractivity contribution in [1.29, 1.82) is 0 Å². The molecule has 0 aromatic rings. The molecule has 0 saturated heterocycles. The molecule has 0 aliphatic heterocycles. The van der Waals surface area contributed by atoms with Gasteiger partial charge in [0.15, 0.2) is 0 Å². The lowest BCUT2D eigenvalue weighted by atomic mass is 9.72. The summed E-state index contributed by atoms with van der Waals surface area (Å²) in [5.41, 5.74) is 0. The predicted molar refractivity (Wildman–Crippen MR) is 92.2 cm³/mol. The van der Waals surface area contributed by atoms with E-state index in [1.165, 1.54) is 19.3 Å². The van der Waals surface area contributed by atoms with Gasteiger partial charge < -0.3 is 14.2 Å². The van der Waals surface area contributed by atoms with E-state index in [1.54, 1.807) is 0 Å². The van der Waals surface area contributed by atoms with Gasteiger partial charge in [0, 0.05) is 19.8 Å². The van der Waals surface area contributed by atoms with Gasteiger partial charge in [-0.25, -0.2) is 0 Å². The van der Waals surface area contributed by atoms with E-state index in [9.17, 15) is 0 Å². The fourth-order valence-electron chi connectivity index (χ4n) is 3.62. The summed E-state index contributed by atoms with van der Waals surface area (Å²) < 4.78 is 17.3. The highest BCUT2D eigenvalue weighted by Crippen LogP contribution is 2.36. The maximum absolute atomic E-state index is 6.13. The minimum Gasteiger partial charge on any atom is -0.381 e. The number of hydrogen-bond donors (Lipinski definition) is 0. The predicted octanol–water partition coefficient (Wildman–Crippen LogP) is 4.54. The molecule has 1 rings (SSSR count). The Bertz CT molecular complexity index is 265. The second kappa shape index (κ2) is 11.4. The molecule has 0 bridgehead atoms. The van der Waals surface area contributed by atoms with E-state index in [4.69, 9.17) is 14.2 Å². The van der Waals surface area contributed by atoms with E-state index in [0.717, 1.165) is 38.8 Å². The highest BCUT2D eigenvalue weighted by molar-refractivity contribution is 4.82. The molecule has 0 heterocycles. The van der Waals surface area contributed by atoms with Crippen molar-refractivity contribution >= 4 is 0 Å². The molecule has 132 valence electrons. The van der Waals surface area contributed by atoms with Crippen molar-refractivity contribution < 1.29 is 14.2 Å². The highest BCUT2D eigenvalue weighted by atomic mass is 16.5. The first-order chi connectivity index (χ1) is 10.5. The number of rotatable bonds is 11. The second-order valence-electron chi connectivity index (χ2n) is 7.57. The minimum absolute atomic E-state index is 0.432. The zero-order valence-electron chi connectivity index (χ0n) is 15.5. The molecule has 3 atom stereocenters. The molecule has 3 nitrogen and oxygen atoms in total. The molecule has 0 spiro atoms. The van der Waals surface area contributed by atoms with E-state index >= 15 is 0 Å². The van der Waals surface area contributed by atoms with Crippen LogP contribution in [-0.2, 0) is 14.2 Å². The van der Waals surface area contributed by atoms with Crippen LogP contribution in [0.4, 0.5) is 0 Å². The Labute approximate surface area is 138 Å². The van der Waals surface area contributed by atoms with E-state index < -0.39 is 0 Å². The van der Waals surface area contributed by atoms with Crippen molar-refractivity contribution in [2.45, 2.75) is 66.4 Å². The SMILES string of the molecule is CC(C)COCCCOCCOC1CCCC(C)C1C(C)C. The molecule has 1 saturated carbocycles. The third kappa shape index (κ3) is 7.94. The molecule has 0 radical (unpaired) electrons. The van der Waals surface area contributed by atoms with Crippen molar-refractivity contribution in [1.82, 2.24) is 0 Å². The summed E-state index contributed by atoms with van der Waals surface area (Å²) >= 11 is 0. The third-order valence-electron chi connectivity index (χ3n) is 4.59. The van der Waals surface area contributed by atoms with Crippen LogP contribution in [0.3, 0.4) is 0 Å². The van der Waals surface area contributed by atoms with Crippen LogP contribution >= 0.6 is 0 Å². The topological polar surface area (TPSA) is 27.7 Å². The van der Waals surface area contributed by atoms with Gasteiger partial charge in [0.2, 0.25) is 0 Å². The first-order valence-electron chi connectivity index (χ1n) is 9.29. The van der Waals surface area contributed by atoms with Gasteiger partial charge in [-0.2, -0.15) is 0 Å². The van der Waals surface area contributed by atoms with Gasteiger partial charge in [-0.3, -0.25) is 0 Å². The molecule has 22 heavy (non-hydrogen) atoms. The van der Waals surface area contributed by atoms with Crippen molar-refractivity contribution in [3.8, 4) is 0 Å². The van der Waals surface area contributed by atoms with Crippen LogP contribution in [0.15, 0.2) is 0 Å². The van der Waals surface area contributed by atoms with Crippen LogP contribution in [-0.4, -0.2) is 39.1 Å². The van der Waals surface area contributed by atoms with Crippen LogP contribution in [0.1, 0.15) is 60.3 Å². The Hall–Kier alpha value is -0.120. The van der Waals surface area contributed by atoms with Crippen molar-refractivity contribution in [2.75, 3.05) is 33.0 Å². The number of hydrogen-bond acceptors (Lipinski definition) is 3. The molecule has 1 aliphatic carbocycles. The second-order valence-corrected chi connectivity index (χ2v) is 7.57. The molecule has 1 aliphatic rings. The maximum Gasteiger partial charge on any atom is 0.0704 e. The van der Waals surface area contributed by atoms with Gasteiger partial charge >= 0.3 is 0 Å². The van der Waals surface area contributed by atoms with E-state index in [-0.39, 0.29) is 0 Å². The Morgan fingerprint density at radius 1 is 0.909 bits per heavy atom. The monoisotopic (exact) mass is 314 g/mol. The van der Waals surface area contributed by atoms with Gasteiger partial charge in [-0.15, -0.1) is 0 Å². The van der Waals surface area contributed by atoms with Gasteiger partial charge in [0.1, 0.15) is 0 Å². The van der Waals surface area contributed by atoms with Crippen LogP contribution in [0.25, 0.3) is 0 Å². The van der Waals surface area contributed by atoms with Crippen LogP contribution in [0.2, 0.25) is 0 Å². The van der Waals surface area contributed by atoms with E-state index in [1.807, 2.05) is 0 Å². The van der Waals surface area contributed by atoms with E-state index in [2.05, 4.69) is 34.6 Å². The first-order valence-corrected chi connectivity index (χ1v) is 9.29. The average Bonchev–Trinajstić information content (AvgIpc) is 2.44. The average molecular weight is 315 g/mol. The van der Waals surface area contributed by atoms with Crippen molar-refractivity contribution in [3.05, 3.63) is 0 Å². The summed E-state index contributed by atoms with van der Waals surface area (Å²) in [4.78, 5) is 0. The first kappa shape index (κ1) is 19.9. The number of ether oxygens (including phenoxy) is 3. The quantitative estimate of drug-likeness (QED) is 0.524. The summed E-state index contributed by atoms with van der Waals surface area (Å²) in [6.07, 6.45) is 5.29. The van der Waals surface area contributed by atoms with Gasteiger partial charge in [0.25, 0.3) is 0 Å². The zero-order valence-corrected chi connectivity index (χ0v) is 15.5. The van der Waals surface area contributed by atoms with Crippen molar-refractivity contribution in [3.63, 3.8) is 0 Å². The summed E-state index contributed by atoms with van der Waals surface area (Å²) in [5.74, 6) is 2.82. The lowest BCUT2D eigenvalue weighted by molar-refractivity contribution is -0.0655. The van der Waals surface area contributed by atoms with Crippen LogP contribution in [0.5, 0.6) is 0 Å². The lowest BCUT2D eigenvalue weighted by Gasteiger charge is -2.39. The molecular weight excluding hydrogens is 276 g/mol. The Morgan fingerprint density at radius 3 is 2.32 bits per heavy atom. The standard InChI is InChI=1S/C19H38O3/c1-15(2)14-21-11-7-10-20-12-13-22-18-9-6-8-17(5)19(18)16(3)4/h15-19H,6-14H2,1-5H3. The summed E-state index contributed by atoms with van der Waals surface area (Å²) in [5, 5.41) is 0. The normalized spacial score (nSPS) is 26.0. The molecule has 0 N–H and O–H groups in total. The maximum atomic E-state index is 6.13. The zero-order chi connectivity index (χ0) is 16.4. The molecule has 0 aromatic carbocycles. The fraction of sp³-hybridized carbons (Fsp3) is 1.00. The fourth-order valence-corrected chi connectivity index (χ4v) is 3.62. The van der Waals surface area contributed by atoms with Gasteiger partial charge in [-0.05, 0) is 36.5 Å².